The molecule has 1 amide bonds. The van der Waals surface area contributed by atoms with E-state index in [1.807, 2.05) is 55.5 Å². The van der Waals surface area contributed by atoms with Crippen molar-refractivity contribution in [3.63, 3.8) is 0 Å². The van der Waals surface area contributed by atoms with Crippen LogP contribution in [0.4, 0.5) is 11.4 Å². The SMILES string of the molecule is COc1cc(C(=O)N2CCN(c3cc(Cl)ccc3C)CC2)c(N(Cc2ccccc2)S(C)(=O)=O)cc1OC. The first kappa shape index (κ1) is 27.6. The van der Waals surface area contributed by atoms with Crippen LogP contribution in [0.15, 0.2) is 60.7 Å². The number of carbonyl (C=O) groups is 1. The van der Waals surface area contributed by atoms with Gasteiger partial charge < -0.3 is 19.3 Å². The minimum absolute atomic E-state index is 0.0667. The minimum Gasteiger partial charge on any atom is -0.493 e. The molecule has 0 aliphatic carbocycles. The molecule has 1 heterocycles. The van der Waals surface area contributed by atoms with Gasteiger partial charge in [0.1, 0.15) is 0 Å². The number of ether oxygens (including phenoxy) is 2. The highest BCUT2D eigenvalue weighted by molar-refractivity contribution is 7.92. The first-order chi connectivity index (χ1) is 18.1. The number of hydrogen-bond donors (Lipinski definition) is 0. The largest absolute Gasteiger partial charge is 0.493 e. The standard InChI is InChI=1S/C28H32ClN3O5S/c1-20-10-11-22(29)16-24(20)30-12-14-31(15-13-30)28(33)23-17-26(36-2)27(37-3)18-25(23)32(38(4,34)35)19-21-8-6-5-7-9-21/h5-11,16-18H,12-15,19H2,1-4H3. The zero-order valence-corrected chi connectivity index (χ0v) is 23.6. The third kappa shape index (κ3) is 6.00. The Labute approximate surface area is 229 Å². The second-order valence-corrected chi connectivity index (χ2v) is 11.5. The predicted octanol–water partition coefficient (Wildman–Crippen LogP) is 4.59. The average Bonchev–Trinajstić information content (AvgIpc) is 2.92. The molecule has 0 unspecified atom stereocenters. The number of halogens is 1. The molecular formula is C28H32ClN3O5S. The van der Waals surface area contributed by atoms with Gasteiger partial charge in [0.25, 0.3) is 5.91 Å². The molecule has 0 N–H and O–H groups in total. The molecule has 0 bridgehead atoms. The molecule has 1 aliphatic heterocycles. The second kappa shape index (κ2) is 11.5. The van der Waals surface area contributed by atoms with E-state index in [-0.39, 0.29) is 23.7 Å². The Bertz CT molecular complexity index is 1410. The molecule has 202 valence electrons. The lowest BCUT2D eigenvalue weighted by Crippen LogP contribution is -2.49. The van der Waals surface area contributed by atoms with Gasteiger partial charge in [-0.1, -0.05) is 48.0 Å². The lowest BCUT2D eigenvalue weighted by Gasteiger charge is -2.37. The van der Waals surface area contributed by atoms with Crippen LogP contribution < -0.4 is 18.7 Å². The Morgan fingerprint density at radius 1 is 0.947 bits per heavy atom. The van der Waals surface area contributed by atoms with Crippen LogP contribution in [-0.2, 0) is 16.6 Å². The molecule has 3 aromatic rings. The Kier molecular flexibility index (Phi) is 8.38. The van der Waals surface area contributed by atoms with Crippen LogP contribution in [0.1, 0.15) is 21.5 Å². The summed E-state index contributed by atoms with van der Waals surface area (Å²) in [7, 11) is -0.799. The van der Waals surface area contributed by atoms with Crippen LogP contribution in [0.2, 0.25) is 5.02 Å². The molecule has 1 saturated heterocycles. The van der Waals surface area contributed by atoms with E-state index in [1.165, 1.54) is 18.5 Å². The fourth-order valence-corrected chi connectivity index (χ4v) is 5.68. The number of amides is 1. The number of methoxy groups -OCH3 is 2. The first-order valence-corrected chi connectivity index (χ1v) is 14.4. The molecule has 0 aromatic heterocycles. The highest BCUT2D eigenvalue weighted by Gasteiger charge is 2.30. The third-order valence-corrected chi connectivity index (χ3v) is 8.01. The molecule has 4 rings (SSSR count). The van der Waals surface area contributed by atoms with Gasteiger partial charge >= 0.3 is 0 Å². The number of piperazine rings is 1. The number of sulfonamides is 1. The number of anilines is 2. The number of hydrogen-bond acceptors (Lipinski definition) is 6. The van der Waals surface area contributed by atoms with Gasteiger partial charge in [0.05, 0.1) is 38.3 Å². The average molecular weight is 558 g/mol. The van der Waals surface area contributed by atoms with Gasteiger partial charge in [-0.05, 0) is 36.2 Å². The summed E-state index contributed by atoms with van der Waals surface area (Å²) >= 11 is 6.22. The van der Waals surface area contributed by atoms with Gasteiger partial charge in [-0.3, -0.25) is 9.10 Å². The molecule has 1 aliphatic rings. The van der Waals surface area contributed by atoms with Gasteiger partial charge in [-0.25, -0.2) is 8.42 Å². The lowest BCUT2D eigenvalue weighted by atomic mass is 10.1. The highest BCUT2D eigenvalue weighted by Crippen LogP contribution is 2.38. The quantitative estimate of drug-likeness (QED) is 0.403. The summed E-state index contributed by atoms with van der Waals surface area (Å²) < 4.78 is 38.2. The topological polar surface area (TPSA) is 79.4 Å². The highest BCUT2D eigenvalue weighted by atomic mass is 35.5. The molecule has 0 spiro atoms. The Balaban J connectivity index is 1.68. The summed E-state index contributed by atoms with van der Waals surface area (Å²) in [6.45, 7) is 4.28. The maximum atomic E-state index is 13.9. The van der Waals surface area contributed by atoms with Crippen molar-refractivity contribution in [2.45, 2.75) is 13.5 Å². The van der Waals surface area contributed by atoms with Gasteiger partial charge in [0, 0.05) is 43.0 Å². The van der Waals surface area contributed by atoms with E-state index < -0.39 is 10.0 Å². The van der Waals surface area contributed by atoms with E-state index in [9.17, 15) is 13.2 Å². The van der Waals surface area contributed by atoms with Crippen molar-refractivity contribution in [3.05, 3.63) is 82.4 Å². The van der Waals surface area contributed by atoms with Crippen molar-refractivity contribution in [2.75, 3.05) is 55.9 Å². The van der Waals surface area contributed by atoms with Crippen molar-refractivity contribution in [1.82, 2.24) is 4.90 Å². The molecule has 10 heteroatoms. The van der Waals surface area contributed by atoms with Crippen molar-refractivity contribution in [1.29, 1.82) is 0 Å². The van der Waals surface area contributed by atoms with Crippen molar-refractivity contribution in [3.8, 4) is 11.5 Å². The zero-order chi connectivity index (χ0) is 27.4. The maximum Gasteiger partial charge on any atom is 0.256 e. The fourth-order valence-electron chi connectivity index (χ4n) is 4.62. The van der Waals surface area contributed by atoms with E-state index >= 15 is 0 Å². The summed E-state index contributed by atoms with van der Waals surface area (Å²) in [5.74, 6) is 0.410. The minimum atomic E-state index is -3.76. The maximum absolute atomic E-state index is 13.9. The molecule has 0 saturated carbocycles. The first-order valence-electron chi connectivity index (χ1n) is 12.2. The van der Waals surface area contributed by atoms with E-state index in [0.717, 1.165) is 23.1 Å². The number of benzene rings is 3. The van der Waals surface area contributed by atoms with E-state index in [0.29, 0.717) is 42.7 Å². The molecular weight excluding hydrogens is 526 g/mol. The summed E-state index contributed by atoms with van der Waals surface area (Å²) in [5.41, 5.74) is 3.42. The zero-order valence-electron chi connectivity index (χ0n) is 22.0. The van der Waals surface area contributed by atoms with Crippen LogP contribution in [0.25, 0.3) is 0 Å². The molecule has 3 aromatic carbocycles. The number of aryl methyl sites for hydroxylation is 1. The Morgan fingerprint density at radius 2 is 1.58 bits per heavy atom. The van der Waals surface area contributed by atoms with Crippen molar-refractivity contribution in [2.24, 2.45) is 0 Å². The van der Waals surface area contributed by atoms with Crippen LogP contribution in [0.3, 0.4) is 0 Å². The summed E-state index contributed by atoms with van der Waals surface area (Å²) in [6, 6.07) is 18.1. The van der Waals surface area contributed by atoms with E-state index in [2.05, 4.69) is 4.90 Å². The van der Waals surface area contributed by atoms with Crippen LogP contribution >= 0.6 is 11.6 Å². The monoisotopic (exact) mass is 557 g/mol. The molecule has 38 heavy (non-hydrogen) atoms. The Morgan fingerprint density at radius 3 is 2.18 bits per heavy atom. The van der Waals surface area contributed by atoms with Gasteiger partial charge in [-0.2, -0.15) is 0 Å². The molecule has 1 fully saturated rings. The van der Waals surface area contributed by atoms with Crippen LogP contribution in [-0.4, -0.2) is 65.9 Å². The molecule has 0 radical (unpaired) electrons. The smallest absolute Gasteiger partial charge is 0.256 e. The molecule has 0 atom stereocenters. The van der Waals surface area contributed by atoms with Crippen LogP contribution in [0, 0.1) is 6.92 Å². The summed E-state index contributed by atoms with van der Waals surface area (Å²) in [5, 5.41) is 0.665. The summed E-state index contributed by atoms with van der Waals surface area (Å²) in [6.07, 6.45) is 1.13. The fraction of sp³-hybridized carbons (Fsp3) is 0.321. The second-order valence-electron chi connectivity index (χ2n) is 9.19. The number of carbonyl (C=O) groups excluding carboxylic acids is 1. The van der Waals surface area contributed by atoms with Crippen LogP contribution in [0.5, 0.6) is 11.5 Å². The Hall–Kier alpha value is -3.43. The number of nitrogens with zero attached hydrogens (tertiary/aromatic N) is 3. The summed E-state index contributed by atoms with van der Waals surface area (Å²) in [4.78, 5) is 17.9. The van der Waals surface area contributed by atoms with E-state index in [4.69, 9.17) is 21.1 Å². The van der Waals surface area contributed by atoms with Gasteiger partial charge in [0.15, 0.2) is 11.5 Å². The third-order valence-electron chi connectivity index (χ3n) is 6.65. The van der Waals surface area contributed by atoms with Gasteiger partial charge in [-0.15, -0.1) is 0 Å². The predicted molar refractivity (Wildman–Crippen MR) is 151 cm³/mol. The normalized spacial score (nSPS) is 13.8. The van der Waals surface area contributed by atoms with Crippen molar-refractivity contribution >= 4 is 38.9 Å². The number of rotatable bonds is 8. The van der Waals surface area contributed by atoms with Crippen molar-refractivity contribution < 1.29 is 22.7 Å². The lowest BCUT2D eigenvalue weighted by molar-refractivity contribution is 0.0747. The van der Waals surface area contributed by atoms with E-state index in [1.54, 1.807) is 17.0 Å². The van der Waals surface area contributed by atoms with Gasteiger partial charge in [0.2, 0.25) is 10.0 Å². The molecule has 8 nitrogen and oxygen atoms in total.